The van der Waals surface area contributed by atoms with Gasteiger partial charge in [-0.15, -0.1) is 24.0 Å². The highest BCUT2D eigenvalue weighted by Gasteiger charge is 2.23. The van der Waals surface area contributed by atoms with Gasteiger partial charge in [0, 0.05) is 19.5 Å². The van der Waals surface area contributed by atoms with Crippen molar-refractivity contribution in [1.29, 1.82) is 0 Å². The quantitative estimate of drug-likeness (QED) is 0.422. The van der Waals surface area contributed by atoms with Gasteiger partial charge in [-0.05, 0) is 44.4 Å². The Bertz CT molecular complexity index is 481. The van der Waals surface area contributed by atoms with E-state index in [9.17, 15) is 0 Å². The third-order valence-corrected chi connectivity index (χ3v) is 4.35. The topological polar surface area (TPSA) is 75.3 Å². The average Bonchev–Trinajstić information content (AvgIpc) is 2.91. The van der Waals surface area contributed by atoms with Crippen LogP contribution in [-0.2, 0) is 6.54 Å². The summed E-state index contributed by atoms with van der Waals surface area (Å²) in [4.78, 5) is 8.73. The Morgan fingerprint density at radius 2 is 2.00 bits per heavy atom. The number of rotatable bonds is 5. The highest BCUT2D eigenvalue weighted by molar-refractivity contribution is 14.0. The summed E-state index contributed by atoms with van der Waals surface area (Å²) in [7, 11) is 0. The summed E-state index contributed by atoms with van der Waals surface area (Å²) in [5.74, 6) is 3.72. The minimum absolute atomic E-state index is 0. The Balaban J connectivity index is 0.00000264. The maximum absolute atomic E-state index is 4.97. The van der Waals surface area contributed by atoms with Crippen LogP contribution >= 0.6 is 24.0 Å². The van der Waals surface area contributed by atoms with Gasteiger partial charge in [0.05, 0.1) is 0 Å². The number of aromatic nitrogens is 2. The van der Waals surface area contributed by atoms with E-state index in [2.05, 4.69) is 46.5 Å². The van der Waals surface area contributed by atoms with Crippen molar-refractivity contribution in [3.63, 3.8) is 0 Å². The van der Waals surface area contributed by atoms with Crippen molar-refractivity contribution < 1.29 is 4.52 Å². The van der Waals surface area contributed by atoms with Gasteiger partial charge in [-0.25, -0.2) is 4.99 Å². The number of nitrogens with zero attached hydrogens (tertiary/aromatic N) is 3. The summed E-state index contributed by atoms with van der Waals surface area (Å²) in [5, 5.41) is 10.7. The fraction of sp³-hybridized carbons (Fsp3) is 0.812. The number of guanidine groups is 1. The molecule has 0 radical (unpaired) electrons. The van der Waals surface area contributed by atoms with Crippen LogP contribution in [0, 0.1) is 18.8 Å². The first kappa shape index (κ1) is 20.2. The van der Waals surface area contributed by atoms with Crippen molar-refractivity contribution in [2.24, 2.45) is 16.8 Å². The molecule has 2 rings (SSSR count). The molecular formula is C16H30IN5O. The van der Waals surface area contributed by atoms with Crippen LogP contribution in [0.5, 0.6) is 0 Å². The van der Waals surface area contributed by atoms with Crippen LogP contribution in [0.3, 0.4) is 0 Å². The molecule has 0 spiro atoms. The molecule has 2 N–H and O–H groups in total. The molecule has 1 aliphatic rings. The molecule has 6 nitrogen and oxygen atoms in total. The molecule has 23 heavy (non-hydrogen) atoms. The molecule has 0 aromatic carbocycles. The molecule has 1 aromatic heterocycles. The van der Waals surface area contributed by atoms with Crippen molar-refractivity contribution >= 4 is 29.9 Å². The van der Waals surface area contributed by atoms with Gasteiger partial charge < -0.3 is 15.2 Å². The number of hydrogen-bond acceptors (Lipinski definition) is 4. The smallest absolute Gasteiger partial charge is 0.223 e. The van der Waals surface area contributed by atoms with Crippen LogP contribution in [0.1, 0.15) is 58.2 Å². The SMILES string of the molecule is CCNC(=NCc1noc(C)n1)NC1CCC(C(C)C)CC1.I. The lowest BCUT2D eigenvalue weighted by atomic mass is 9.80. The summed E-state index contributed by atoms with van der Waals surface area (Å²) in [6.07, 6.45) is 5.04. The third kappa shape index (κ3) is 6.64. The molecule has 0 atom stereocenters. The van der Waals surface area contributed by atoms with E-state index in [1.807, 2.05) is 0 Å². The second-order valence-corrected chi connectivity index (χ2v) is 6.42. The zero-order chi connectivity index (χ0) is 15.9. The van der Waals surface area contributed by atoms with Gasteiger partial charge in [0.2, 0.25) is 5.89 Å². The van der Waals surface area contributed by atoms with Crippen molar-refractivity contribution in [2.75, 3.05) is 6.54 Å². The van der Waals surface area contributed by atoms with Crippen molar-refractivity contribution in [1.82, 2.24) is 20.8 Å². The van der Waals surface area contributed by atoms with E-state index in [0.717, 1.165) is 24.3 Å². The zero-order valence-electron chi connectivity index (χ0n) is 14.6. The van der Waals surface area contributed by atoms with Crippen LogP contribution in [-0.4, -0.2) is 28.7 Å². The molecule has 0 bridgehead atoms. The number of nitrogens with one attached hydrogen (secondary N) is 2. The van der Waals surface area contributed by atoms with Gasteiger partial charge in [0.1, 0.15) is 6.54 Å². The largest absolute Gasteiger partial charge is 0.357 e. The van der Waals surface area contributed by atoms with Gasteiger partial charge in [0.25, 0.3) is 0 Å². The summed E-state index contributed by atoms with van der Waals surface area (Å²) < 4.78 is 4.97. The summed E-state index contributed by atoms with van der Waals surface area (Å²) in [5.41, 5.74) is 0. The molecular weight excluding hydrogens is 405 g/mol. The van der Waals surface area contributed by atoms with Crippen LogP contribution in [0.4, 0.5) is 0 Å². The predicted molar refractivity (Wildman–Crippen MR) is 103 cm³/mol. The molecule has 132 valence electrons. The van der Waals surface area contributed by atoms with E-state index in [1.165, 1.54) is 25.7 Å². The minimum atomic E-state index is 0. The van der Waals surface area contributed by atoms with E-state index in [0.29, 0.717) is 24.3 Å². The summed E-state index contributed by atoms with van der Waals surface area (Å²) in [6.45, 7) is 9.81. The van der Waals surface area contributed by atoms with Crippen molar-refractivity contribution in [2.45, 2.75) is 66.0 Å². The predicted octanol–water partition coefficient (Wildman–Crippen LogP) is 3.27. The van der Waals surface area contributed by atoms with E-state index in [4.69, 9.17) is 4.52 Å². The monoisotopic (exact) mass is 435 g/mol. The van der Waals surface area contributed by atoms with Gasteiger partial charge in [-0.2, -0.15) is 4.98 Å². The maximum atomic E-state index is 4.97. The third-order valence-electron chi connectivity index (χ3n) is 4.35. The Labute approximate surface area is 156 Å². The lowest BCUT2D eigenvalue weighted by Gasteiger charge is -2.32. The number of aryl methyl sites for hydroxylation is 1. The maximum Gasteiger partial charge on any atom is 0.223 e. The Hall–Kier alpha value is -0.860. The Morgan fingerprint density at radius 1 is 1.30 bits per heavy atom. The lowest BCUT2D eigenvalue weighted by molar-refractivity contribution is 0.250. The van der Waals surface area contributed by atoms with Crippen molar-refractivity contribution in [3.05, 3.63) is 11.7 Å². The van der Waals surface area contributed by atoms with E-state index < -0.39 is 0 Å². The van der Waals surface area contributed by atoms with Gasteiger partial charge in [0.15, 0.2) is 11.8 Å². The standard InChI is InChI=1S/C16H29N5O.HI/c1-5-17-16(18-10-15-19-12(4)22-21-15)20-14-8-6-13(7-9-14)11(2)3;/h11,13-14H,5-10H2,1-4H3,(H2,17,18,20);1H. The Kier molecular flexibility index (Phi) is 8.86. The van der Waals surface area contributed by atoms with Crippen LogP contribution < -0.4 is 10.6 Å². The number of halogens is 1. The van der Waals surface area contributed by atoms with E-state index in [1.54, 1.807) is 6.92 Å². The molecule has 1 aliphatic carbocycles. The highest BCUT2D eigenvalue weighted by Crippen LogP contribution is 2.29. The number of aliphatic imine (C=N–C) groups is 1. The molecule has 7 heteroatoms. The van der Waals surface area contributed by atoms with Crippen molar-refractivity contribution in [3.8, 4) is 0 Å². The normalized spacial score (nSPS) is 21.9. The van der Waals surface area contributed by atoms with Gasteiger partial charge in [-0.1, -0.05) is 19.0 Å². The molecule has 1 saturated carbocycles. The number of hydrogen-bond donors (Lipinski definition) is 2. The molecule has 1 aromatic rings. The minimum Gasteiger partial charge on any atom is -0.357 e. The second kappa shape index (κ2) is 10.1. The molecule has 0 aliphatic heterocycles. The molecule has 1 fully saturated rings. The second-order valence-electron chi connectivity index (χ2n) is 6.42. The summed E-state index contributed by atoms with van der Waals surface area (Å²) in [6, 6.07) is 0.514. The van der Waals surface area contributed by atoms with Gasteiger partial charge in [-0.3, -0.25) is 0 Å². The fourth-order valence-corrected chi connectivity index (χ4v) is 3.00. The van der Waals surface area contributed by atoms with E-state index >= 15 is 0 Å². The molecule has 0 unspecified atom stereocenters. The van der Waals surface area contributed by atoms with E-state index in [-0.39, 0.29) is 24.0 Å². The molecule has 0 amide bonds. The molecule has 0 saturated heterocycles. The first-order chi connectivity index (χ1) is 10.6. The molecule has 1 heterocycles. The Morgan fingerprint density at radius 3 is 2.52 bits per heavy atom. The fourth-order valence-electron chi connectivity index (χ4n) is 3.00. The van der Waals surface area contributed by atoms with Crippen LogP contribution in [0.25, 0.3) is 0 Å². The lowest BCUT2D eigenvalue weighted by Crippen LogP contribution is -2.45. The van der Waals surface area contributed by atoms with Gasteiger partial charge >= 0.3 is 0 Å². The zero-order valence-corrected chi connectivity index (χ0v) is 17.0. The van der Waals surface area contributed by atoms with Crippen LogP contribution in [0.15, 0.2) is 9.52 Å². The highest BCUT2D eigenvalue weighted by atomic mass is 127. The first-order valence-electron chi connectivity index (χ1n) is 8.42. The first-order valence-corrected chi connectivity index (χ1v) is 8.42. The van der Waals surface area contributed by atoms with Crippen LogP contribution in [0.2, 0.25) is 0 Å². The average molecular weight is 435 g/mol. The summed E-state index contributed by atoms with van der Waals surface area (Å²) >= 11 is 0.